The number of carbonyl (C=O) groups excluding carboxylic acids is 2. The van der Waals surface area contributed by atoms with E-state index in [-0.39, 0.29) is 17.4 Å². The van der Waals surface area contributed by atoms with Crippen molar-refractivity contribution in [2.75, 3.05) is 0 Å². The van der Waals surface area contributed by atoms with E-state index < -0.39 is 6.04 Å². The highest BCUT2D eigenvalue weighted by molar-refractivity contribution is 5.90. The number of fused-ring (bicyclic) bond motifs is 1. The van der Waals surface area contributed by atoms with Crippen molar-refractivity contribution >= 4 is 22.7 Å². The zero-order valence-corrected chi connectivity index (χ0v) is 12.2. The number of H-pyrrole nitrogens is 1. The number of hydrogen-bond donors (Lipinski definition) is 3. The van der Waals surface area contributed by atoms with Gasteiger partial charge in [0.25, 0.3) is 5.56 Å². The van der Waals surface area contributed by atoms with Gasteiger partial charge in [0.1, 0.15) is 6.04 Å². The van der Waals surface area contributed by atoms with Crippen molar-refractivity contribution in [3.63, 3.8) is 0 Å². The highest BCUT2D eigenvalue weighted by Crippen LogP contribution is 2.14. The molecule has 6 nitrogen and oxygen atoms in total. The van der Waals surface area contributed by atoms with Gasteiger partial charge in [0, 0.05) is 24.0 Å². The van der Waals surface area contributed by atoms with Gasteiger partial charge in [-0.15, -0.1) is 0 Å². The van der Waals surface area contributed by atoms with E-state index in [1.54, 1.807) is 6.92 Å². The molecule has 1 aliphatic heterocycles. The monoisotopic (exact) mass is 299 g/mol. The largest absolute Gasteiger partial charge is 0.350 e. The summed E-state index contributed by atoms with van der Waals surface area (Å²) in [6.45, 7) is 2.15. The van der Waals surface area contributed by atoms with Gasteiger partial charge in [-0.1, -0.05) is 6.07 Å². The van der Waals surface area contributed by atoms with Gasteiger partial charge in [-0.3, -0.25) is 14.4 Å². The lowest BCUT2D eigenvalue weighted by atomic mass is 10.1. The van der Waals surface area contributed by atoms with Gasteiger partial charge in [0.05, 0.1) is 0 Å². The predicted molar refractivity (Wildman–Crippen MR) is 82.3 cm³/mol. The fourth-order valence-electron chi connectivity index (χ4n) is 2.60. The van der Waals surface area contributed by atoms with E-state index in [0.29, 0.717) is 24.9 Å². The molecule has 1 saturated heterocycles. The van der Waals surface area contributed by atoms with Crippen molar-refractivity contribution in [2.24, 2.45) is 0 Å². The Morgan fingerprint density at radius 1 is 1.32 bits per heavy atom. The van der Waals surface area contributed by atoms with E-state index in [4.69, 9.17) is 0 Å². The Kier molecular flexibility index (Phi) is 3.66. The van der Waals surface area contributed by atoms with Crippen LogP contribution in [-0.2, 0) is 16.1 Å². The molecule has 3 N–H and O–H groups in total. The summed E-state index contributed by atoms with van der Waals surface area (Å²) >= 11 is 0. The third-order valence-electron chi connectivity index (χ3n) is 3.87. The number of aromatic nitrogens is 1. The standard InChI is InChI=1S/C16H17N3O3/c1-9-6-11-7-10(2-3-12(11)19-15(9)21)8-17-16(22)13-4-5-14(20)18-13/h2-3,6-7,13H,4-5,8H2,1H3,(H,17,22)(H,18,20)(H,19,21). The van der Waals surface area contributed by atoms with Gasteiger partial charge in [0.2, 0.25) is 11.8 Å². The summed E-state index contributed by atoms with van der Waals surface area (Å²) in [4.78, 5) is 37.4. The first-order valence-corrected chi connectivity index (χ1v) is 7.22. The van der Waals surface area contributed by atoms with E-state index >= 15 is 0 Å². The number of nitrogens with one attached hydrogen (secondary N) is 3. The van der Waals surface area contributed by atoms with Crippen molar-refractivity contribution < 1.29 is 9.59 Å². The van der Waals surface area contributed by atoms with E-state index in [1.165, 1.54) is 0 Å². The lowest BCUT2D eigenvalue weighted by molar-refractivity contribution is -0.125. The molecule has 2 amide bonds. The lowest BCUT2D eigenvalue weighted by Gasteiger charge is -2.11. The van der Waals surface area contributed by atoms with E-state index in [0.717, 1.165) is 16.5 Å². The number of benzene rings is 1. The summed E-state index contributed by atoms with van der Waals surface area (Å²) < 4.78 is 0. The number of pyridine rings is 1. The zero-order valence-electron chi connectivity index (χ0n) is 12.2. The summed E-state index contributed by atoms with van der Waals surface area (Å²) in [5.41, 5.74) is 2.28. The summed E-state index contributed by atoms with van der Waals surface area (Å²) in [5.74, 6) is -0.242. The first kappa shape index (κ1) is 14.3. The Morgan fingerprint density at radius 3 is 2.86 bits per heavy atom. The molecule has 0 aliphatic carbocycles. The van der Waals surface area contributed by atoms with Crippen LogP contribution >= 0.6 is 0 Å². The average molecular weight is 299 g/mol. The first-order chi connectivity index (χ1) is 10.5. The van der Waals surface area contributed by atoms with Crippen molar-refractivity contribution in [3.05, 3.63) is 45.7 Å². The Labute approximate surface area is 126 Å². The Morgan fingerprint density at radius 2 is 2.14 bits per heavy atom. The molecule has 6 heteroatoms. The molecule has 114 valence electrons. The minimum Gasteiger partial charge on any atom is -0.350 e. The summed E-state index contributed by atoms with van der Waals surface area (Å²) in [5, 5.41) is 6.40. The third kappa shape index (κ3) is 2.86. The second-order valence-electron chi connectivity index (χ2n) is 5.58. The lowest BCUT2D eigenvalue weighted by Crippen LogP contribution is -2.41. The van der Waals surface area contributed by atoms with Gasteiger partial charge in [-0.05, 0) is 42.5 Å². The molecule has 1 aromatic carbocycles. The minimum atomic E-state index is -0.424. The summed E-state index contributed by atoms with van der Waals surface area (Å²) in [6.07, 6.45) is 0.948. The number of amides is 2. The zero-order chi connectivity index (χ0) is 15.7. The van der Waals surface area contributed by atoms with Gasteiger partial charge >= 0.3 is 0 Å². The number of aryl methyl sites for hydroxylation is 1. The van der Waals surface area contributed by atoms with E-state index in [9.17, 15) is 14.4 Å². The van der Waals surface area contributed by atoms with Crippen LogP contribution in [0.15, 0.2) is 29.1 Å². The molecule has 0 saturated carbocycles. The quantitative estimate of drug-likeness (QED) is 0.780. The van der Waals surface area contributed by atoms with Crippen LogP contribution in [0.4, 0.5) is 0 Å². The molecule has 1 fully saturated rings. The number of carbonyl (C=O) groups is 2. The highest BCUT2D eigenvalue weighted by Gasteiger charge is 2.26. The van der Waals surface area contributed by atoms with Gasteiger partial charge in [-0.25, -0.2) is 0 Å². The van der Waals surface area contributed by atoms with Crippen LogP contribution in [-0.4, -0.2) is 22.8 Å². The summed E-state index contributed by atoms with van der Waals surface area (Å²) in [6, 6.07) is 7.03. The average Bonchev–Trinajstić information content (AvgIpc) is 2.92. The topological polar surface area (TPSA) is 91.1 Å². The maximum Gasteiger partial charge on any atom is 0.251 e. The minimum absolute atomic E-state index is 0.0784. The highest BCUT2D eigenvalue weighted by atomic mass is 16.2. The van der Waals surface area contributed by atoms with Crippen LogP contribution in [0.1, 0.15) is 24.0 Å². The molecule has 22 heavy (non-hydrogen) atoms. The molecule has 1 atom stereocenters. The number of rotatable bonds is 3. The maximum atomic E-state index is 12.0. The van der Waals surface area contributed by atoms with Gasteiger partial charge < -0.3 is 15.6 Å². The summed E-state index contributed by atoms with van der Waals surface area (Å²) in [7, 11) is 0. The van der Waals surface area contributed by atoms with E-state index in [1.807, 2.05) is 24.3 Å². The molecule has 1 unspecified atom stereocenters. The Hall–Kier alpha value is -2.63. The fraction of sp³-hybridized carbons (Fsp3) is 0.312. The first-order valence-electron chi connectivity index (χ1n) is 7.22. The molecule has 2 heterocycles. The second-order valence-corrected chi connectivity index (χ2v) is 5.58. The van der Waals surface area contributed by atoms with Crippen molar-refractivity contribution in [2.45, 2.75) is 32.4 Å². The third-order valence-corrected chi connectivity index (χ3v) is 3.87. The molecule has 0 spiro atoms. The molecule has 1 aromatic heterocycles. The number of aromatic amines is 1. The molecule has 3 rings (SSSR count). The predicted octanol–water partition coefficient (Wildman–Crippen LogP) is 0.731. The van der Waals surface area contributed by atoms with Crippen LogP contribution < -0.4 is 16.2 Å². The molecule has 0 radical (unpaired) electrons. The van der Waals surface area contributed by atoms with Crippen molar-refractivity contribution in [3.8, 4) is 0 Å². The Balaban J connectivity index is 1.71. The van der Waals surface area contributed by atoms with Crippen LogP contribution in [0.3, 0.4) is 0 Å². The van der Waals surface area contributed by atoms with Crippen LogP contribution in [0, 0.1) is 6.92 Å². The SMILES string of the molecule is Cc1cc2cc(CNC(=O)C3CCC(=O)N3)ccc2[nH]c1=O. The van der Waals surface area contributed by atoms with Crippen molar-refractivity contribution in [1.82, 2.24) is 15.6 Å². The molecule has 1 aliphatic rings. The molecule has 2 aromatic rings. The van der Waals surface area contributed by atoms with Gasteiger partial charge in [0.15, 0.2) is 0 Å². The van der Waals surface area contributed by atoms with Crippen LogP contribution in [0.25, 0.3) is 10.9 Å². The maximum absolute atomic E-state index is 12.0. The molecular weight excluding hydrogens is 282 g/mol. The van der Waals surface area contributed by atoms with Crippen LogP contribution in [0.5, 0.6) is 0 Å². The van der Waals surface area contributed by atoms with Crippen molar-refractivity contribution in [1.29, 1.82) is 0 Å². The van der Waals surface area contributed by atoms with E-state index in [2.05, 4.69) is 15.6 Å². The normalized spacial score (nSPS) is 17.5. The smallest absolute Gasteiger partial charge is 0.251 e. The Bertz CT molecular complexity index is 810. The molecular formula is C16H17N3O3. The second kappa shape index (κ2) is 5.63. The van der Waals surface area contributed by atoms with Gasteiger partial charge in [-0.2, -0.15) is 0 Å². The molecule has 0 bridgehead atoms. The fourth-order valence-corrected chi connectivity index (χ4v) is 2.60. The number of hydrogen-bond acceptors (Lipinski definition) is 3. The van der Waals surface area contributed by atoms with Crippen LogP contribution in [0.2, 0.25) is 0 Å².